The molecule has 0 spiro atoms. The summed E-state index contributed by atoms with van der Waals surface area (Å²) in [6.45, 7) is 7.32. The molecule has 1 unspecified atom stereocenters. The number of hydrogen-bond donors (Lipinski definition) is 0. The molecule has 0 aliphatic carbocycles. The molecule has 1 aliphatic heterocycles. The summed E-state index contributed by atoms with van der Waals surface area (Å²) in [5.74, 6) is 1.38. The van der Waals surface area contributed by atoms with Gasteiger partial charge in [-0.15, -0.1) is 0 Å². The molecule has 2 aromatic heterocycles. The van der Waals surface area contributed by atoms with Gasteiger partial charge in [0.05, 0.1) is 12.5 Å². The Bertz CT molecular complexity index is 711. The maximum absolute atomic E-state index is 12.0. The summed E-state index contributed by atoms with van der Waals surface area (Å²) in [6.07, 6.45) is 2.26. The van der Waals surface area contributed by atoms with E-state index in [0.29, 0.717) is 12.3 Å². The molecule has 3 rings (SSSR count). The highest BCUT2D eigenvalue weighted by Crippen LogP contribution is 2.35. The number of ether oxygens (including phenoxy) is 1. The zero-order valence-electron chi connectivity index (χ0n) is 12.8. The Balaban J connectivity index is 2.04. The number of aryl methyl sites for hydroxylation is 1. The van der Waals surface area contributed by atoms with Crippen LogP contribution in [0.5, 0.6) is 0 Å². The number of aromatic nitrogens is 4. The fourth-order valence-electron chi connectivity index (χ4n) is 2.94. The fourth-order valence-corrected chi connectivity index (χ4v) is 2.94. The quantitative estimate of drug-likeness (QED) is 0.772. The predicted octanol–water partition coefficient (Wildman–Crippen LogP) is 1.13. The highest BCUT2D eigenvalue weighted by Gasteiger charge is 2.42. The van der Waals surface area contributed by atoms with Crippen LogP contribution in [0.2, 0.25) is 0 Å². The number of nitrogens with zero attached hydrogens (tertiary/aromatic N) is 5. The smallest absolute Gasteiger partial charge is 0.313 e. The Morgan fingerprint density at radius 1 is 1.43 bits per heavy atom. The first-order valence-electron chi connectivity index (χ1n) is 6.96. The summed E-state index contributed by atoms with van der Waals surface area (Å²) in [5.41, 5.74) is 1.50. The van der Waals surface area contributed by atoms with E-state index >= 15 is 0 Å². The Hall–Kier alpha value is -2.18. The number of anilines is 1. The summed E-state index contributed by atoms with van der Waals surface area (Å²) in [4.78, 5) is 22.7. The van der Waals surface area contributed by atoms with E-state index in [1.807, 2.05) is 20.8 Å². The first-order chi connectivity index (χ1) is 9.96. The maximum atomic E-state index is 12.0. The highest BCUT2D eigenvalue weighted by molar-refractivity contribution is 5.78. The SMILES string of the molecule is COC(=O)C1(C)CCN(c2c(C)c(C)nc3ncnn23)C1. The standard InChI is InChI=1S/C14H19N5O2/c1-9-10(2)17-13-15-8-16-19(13)11(9)18-6-5-14(3,7-18)12(20)21-4/h8H,5-7H2,1-4H3. The van der Waals surface area contributed by atoms with Gasteiger partial charge in [0.25, 0.3) is 5.78 Å². The minimum atomic E-state index is -0.481. The van der Waals surface area contributed by atoms with E-state index in [4.69, 9.17) is 4.74 Å². The van der Waals surface area contributed by atoms with Gasteiger partial charge >= 0.3 is 5.97 Å². The van der Waals surface area contributed by atoms with Crippen molar-refractivity contribution in [1.82, 2.24) is 19.6 Å². The predicted molar refractivity (Wildman–Crippen MR) is 77.2 cm³/mol. The van der Waals surface area contributed by atoms with E-state index in [1.54, 1.807) is 4.52 Å². The van der Waals surface area contributed by atoms with Crippen LogP contribution in [0.15, 0.2) is 6.33 Å². The number of fused-ring (bicyclic) bond motifs is 1. The first kappa shape index (κ1) is 13.8. The van der Waals surface area contributed by atoms with Crippen molar-refractivity contribution in [2.45, 2.75) is 27.2 Å². The Morgan fingerprint density at radius 3 is 2.90 bits per heavy atom. The molecule has 21 heavy (non-hydrogen) atoms. The molecule has 0 aromatic carbocycles. The van der Waals surface area contributed by atoms with Crippen molar-refractivity contribution in [3.63, 3.8) is 0 Å². The third kappa shape index (κ3) is 2.03. The minimum absolute atomic E-state index is 0.164. The van der Waals surface area contributed by atoms with Crippen LogP contribution < -0.4 is 4.90 Å². The molecule has 0 N–H and O–H groups in total. The van der Waals surface area contributed by atoms with E-state index in [2.05, 4.69) is 20.0 Å². The third-order valence-corrected chi connectivity index (χ3v) is 4.33. The molecular formula is C14H19N5O2. The van der Waals surface area contributed by atoms with E-state index in [9.17, 15) is 4.79 Å². The third-order valence-electron chi connectivity index (χ3n) is 4.33. The zero-order valence-corrected chi connectivity index (χ0v) is 12.8. The number of rotatable bonds is 2. The fraction of sp³-hybridized carbons (Fsp3) is 0.571. The van der Waals surface area contributed by atoms with Gasteiger partial charge < -0.3 is 9.64 Å². The topological polar surface area (TPSA) is 72.6 Å². The lowest BCUT2D eigenvalue weighted by atomic mass is 9.90. The van der Waals surface area contributed by atoms with Gasteiger partial charge in [0.1, 0.15) is 12.1 Å². The molecule has 112 valence electrons. The molecule has 1 atom stereocenters. The van der Waals surface area contributed by atoms with E-state index < -0.39 is 5.41 Å². The Morgan fingerprint density at radius 2 is 2.19 bits per heavy atom. The summed E-state index contributed by atoms with van der Waals surface area (Å²) in [6, 6.07) is 0. The molecule has 2 aromatic rings. The lowest BCUT2D eigenvalue weighted by Gasteiger charge is -2.24. The average Bonchev–Trinajstić information content (AvgIpc) is 3.07. The van der Waals surface area contributed by atoms with Crippen LogP contribution in [0.25, 0.3) is 5.78 Å². The van der Waals surface area contributed by atoms with E-state index in [0.717, 1.165) is 30.0 Å². The van der Waals surface area contributed by atoms with E-state index in [1.165, 1.54) is 13.4 Å². The van der Waals surface area contributed by atoms with Crippen LogP contribution in [-0.2, 0) is 9.53 Å². The maximum Gasteiger partial charge on any atom is 0.313 e. The van der Waals surface area contributed by atoms with E-state index in [-0.39, 0.29) is 5.97 Å². The summed E-state index contributed by atoms with van der Waals surface area (Å²) in [7, 11) is 1.44. The van der Waals surface area contributed by atoms with Crippen molar-refractivity contribution in [2.24, 2.45) is 5.41 Å². The van der Waals surface area contributed by atoms with Crippen molar-refractivity contribution < 1.29 is 9.53 Å². The second-order valence-electron chi connectivity index (χ2n) is 5.84. The minimum Gasteiger partial charge on any atom is -0.469 e. The van der Waals surface area contributed by atoms with Gasteiger partial charge in [0.2, 0.25) is 0 Å². The molecule has 7 nitrogen and oxygen atoms in total. The monoisotopic (exact) mass is 289 g/mol. The van der Waals surface area contributed by atoms with Gasteiger partial charge in [-0.1, -0.05) is 0 Å². The van der Waals surface area contributed by atoms with Crippen LogP contribution in [0.3, 0.4) is 0 Å². The summed E-state index contributed by atoms with van der Waals surface area (Å²) < 4.78 is 6.68. The van der Waals surface area contributed by atoms with Gasteiger partial charge in [-0.3, -0.25) is 4.79 Å². The lowest BCUT2D eigenvalue weighted by molar-refractivity contribution is -0.150. The van der Waals surface area contributed by atoms with Crippen molar-refractivity contribution in [2.75, 3.05) is 25.1 Å². The zero-order chi connectivity index (χ0) is 15.2. The lowest BCUT2D eigenvalue weighted by Crippen LogP contribution is -2.34. The molecule has 3 heterocycles. The molecular weight excluding hydrogens is 270 g/mol. The van der Waals surface area contributed by atoms with Gasteiger partial charge in [-0.05, 0) is 27.2 Å². The van der Waals surface area contributed by atoms with Crippen molar-refractivity contribution >= 4 is 17.6 Å². The molecule has 7 heteroatoms. The molecule has 0 amide bonds. The number of carbonyl (C=O) groups is 1. The Labute approximate surface area is 122 Å². The normalized spacial score (nSPS) is 22.0. The Kier molecular flexibility index (Phi) is 3.07. The van der Waals surface area contributed by atoms with Crippen molar-refractivity contribution in [3.05, 3.63) is 17.6 Å². The van der Waals surface area contributed by atoms with Crippen LogP contribution in [-0.4, -0.2) is 45.8 Å². The second kappa shape index (κ2) is 4.68. The van der Waals surface area contributed by atoms with Crippen LogP contribution in [0.4, 0.5) is 5.82 Å². The summed E-state index contributed by atoms with van der Waals surface area (Å²) in [5, 5.41) is 4.26. The summed E-state index contributed by atoms with van der Waals surface area (Å²) >= 11 is 0. The molecule has 1 aliphatic rings. The number of esters is 1. The van der Waals surface area contributed by atoms with Crippen LogP contribution >= 0.6 is 0 Å². The second-order valence-corrected chi connectivity index (χ2v) is 5.84. The van der Waals surface area contributed by atoms with Gasteiger partial charge in [0, 0.05) is 24.3 Å². The van der Waals surface area contributed by atoms with Crippen molar-refractivity contribution in [3.8, 4) is 0 Å². The molecule has 0 saturated carbocycles. The highest BCUT2D eigenvalue weighted by atomic mass is 16.5. The number of hydrogen-bond acceptors (Lipinski definition) is 6. The van der Waals surface area contributed by atoms with Gasteiger partial charge in [-0.2, -0.15) is 14.6 Å². The molecule has 0 radical (unpaired) electrons. The molecule has 1 saturated heterocycles. The molecule has 1 fully saturated rings. The number of carbonyl (C=O) groups excluding carboxylic acids is 1. The van der Waals surface area contributed by atoms with Crippen molar-refractivity contribution in [1.29, 1.82) is 0 Å². The van der Waals surface area contributed by atoms with Crippen LogP contribution in [0.1, 0.15) is 24.6 Å². The first-order valence-corrected chi connectivity index (χ1v) is 6.96. The van der Waals surface area contributed by atoms with Gasteiger partial charge in [-0.25, -0.2) is 4.98 Å². The molecule has 0 bridgehead atoms. The van der Waals surface area contributed by atoms with Gasteiger partial charge in [0.15, 0.2) is 0 Å². The van der Waals surface area contributed by atoms with Crippen LogP contribution in [0, 0.1) is 19.3 Å². The number of methoxy groups -OCH3 is 1. The average molecular weight is 289 g/mol. The largest absolute Gasteiger partial charge is 0.469 e.